The van der Waals surface area contributed by atoms with Crippen LogP contribution < -0.4 is 0 Å². The Kier molecular flexibility index (Phi) is 4.00. The summed E-state index contributed by atoms with van der Waals surface area (Å²) in [5.41, 5.74) is 0.267. The molecule has 18 heavy (non-hydrogen) atoms. The molecule has 2 nitrogen and oxygen atoms in total. The van der Waals surface area contributed by atoms with E-state index in [4.69, 9.17) is 0 Å². The van der Waals surface area contributed by atoms with Crippen molar-refractivity contribution < 1.29 is 9.50 Å². The van der Waals surface area contributed by atoms with Gasteiger partial charge >= 0.3 is 0 Å². The van der Waals surface area contributed by atoms with Crippen LogP contribution in [0.2, 0.25) is 0 Å². The van der Waals surface area contributed by atoms with Gasteiger partial charge in [-0.3, -0.25) is 4.98 Å². The van der Waals surface area contributed by atoms with Crippen LogP contribution in [0.25, 0.3) is 0 Å². The van der Waals surface area contributed by atoms with E-state index >= 15 is 0 Å². The quantitative estimate of drug-likeness (QED) is 0.881. The fraction of sp³-hybridized carbons (Fsp3) is 0.667. The van der Waals surface area contributed by atoms with Crippen LogP contribution >= 0.6 is 0 Å². The number of rotatable bonds is 4. The minimum absolute atomic E-state index is 0.142. The Morgan fingerprint density at radius 3 is 2.61 bits per heavy atom. The highest BCUT2D eigenvalue weighted by molar-refractivity contribution is 5.19. The third-order valence-electron chi connectivity index (χ3n) is 4.09. The zero-order chi connectivity index (χ0) is 13.2. The fourth-order valence-electron chi connectivity index (χ4n) is 3.42. The van der Waals surface area contributed by atoms with Crippen molar-refractivity contribution in [3.8, 4) is 0 Å². The first kappa shape index (κ1) is 13.5. The number of hydrogen-bond donors (Lipinski definition) is 1. The lowest BCUT2D eigenvalue weighted by Crippen LogP contribution is -2.28. The van der Waals surface area contributed by atoms with Crippen molar-refractivity contribution in [3.05, 3.63) is 29.8 Å². The Balaban J connectivity index is 2.29. The zero-order valence-corrected chi connectivity index (χ0v) is 11.2. The van der Waals surface area contributed by atoms with E-state index in [9.17, 15) is 9.50 Å². The molecule has 1 saturated carbocycles. The average Bonchev–Trinajstić information content (AvgIpc) is 2.77. The summed E-state index contributed by atoms with van der Waals surface area (Å²) in [5, 5.41) is 10.6. The van der Waals surface area contributed by atoms with Crippen molar-refractivity contribution in [2.24, 2.45) is 11.3 Å². The Labute approximate surface area is 108 Å². The lowest BCUT2D eigenvalue weighted by molar-refractivity contribution is 0.00868. The van der Waals surface area contributed by atoms with E-state index in [-0.39, 0.29) is 11.2 Å². The van der Waals surface area contributed by atoms with Crippen molar-refractivity contribution in [2.45, 2.75) is 52.1 Å². The summed E-state index contributed by atoms with van der Waals surface area (Å²) in [5.74, 6) is 0.127. The molecular formula is C15H22FNO. The van der Waals surface area contributed by atoms with Crippen LogP contribution in [-0.4, -0.2) is 10.1 Å². The first-order valence-corrected chi connectivity index (χ1v) is 6.83. The van der Waals surface area contributed by atoms with Gasteiger partial charge in [0.2, 0.25) is 0 Å². The SMILES string of the molecule is CC(C)CC1(C(O)c2ccncc2F)CCCC1. The van der Waals surface area contributed by atoms with Crippen molar-refractivity contribution >= 4 is 0 Å². The van der Waals surface area contributed by atoms with Crippen LogP contribution in [0, 0.1) is 17.2 Å². The molecule has 1 aliphatic rings. The number of aliphatic hydroxyl groups is 1. The third kappa shape index (κ3) is 2.56. The highest BCUT2D eigenvalue weighted by Gasteiger charge is 2.42. The maximum absolute atomic E-state index is 13.8. The van der Waals surface area contributed by atoms with Crippen LogP contribution in [0.5, 0.6) is 0 Å². The molecule has 100 valence electrons. The van der Waals surface area contributed by atoms with Gasteiger partial charge in [-0.1, -0.05) is 26.7 Å². The van der Waals surface area contributed by atoms with Crippen LogP contribution in [0.1, 0.15) is 57.6 Å². The second-order valence-corrected chi connectivity index (χ2v) is 5.97. The predicted molar refractivity (Wildman–Crippen MR) is 69.5 cm³/mol. The zero-order valence-electron chi connectivity index (χ0n) is 11.2. The standard InChI is InChI=1S/C15H22FNO/c1-11(2)9-15(6-3-4-7-15)14(18)12-5-8-17-10-13(12)16/h5,8,10-11,14,18H,3-4,6-7,9H2,1-2H3. The second kappa shape index (κ2) is 5.35. The Morgan fingerprint density at radius 1 is 1.39 bits per heavy atom. The number of hydrogen-bond acceptors (Lipinski definition) is 2. The smallest absolute Gasteiger partial charge is 0.147 e. The molecule has 1 unspecified atom stereocenters. The molecular weight excluding hydrogens is 229 g/mol. The number of halogens is 1. The van der Waals surface area contributed by atoms with E-state index in [0.29, 0.717) is 11.5 Å². The second-order valence-electron chi connectivity index (χ2n) is 5.97. The molecule has 0 spiro atoms. The first-order chi connectivity index (χ1) is 8.55. The number of aromatic nitrogens is 1. The summed E-state index contributed by atoms with van der Waals surface area (Å²) in [6.07, 6.45) is 7.26. The van der Waals surface area contributed by atoms with Gasteiger partial charge in [0, 0.05) is 17.2 Å². The van der Waals surface area contributed by atoms with Crippen molar-refractivity contribution in [1.29, 1.82) is 0 Å². The molecule has 1 aromatic rings. The van der Waals surface area contributed by atoms with Crippen LogP contribution in [-0.2, 0) is 0 Å². The summed E-state index contributed by atoms with van der Waals surface area (Å²) in [4.78, 5) is 3.75. The summed E-state index contributed by atoms with van der Waals surface area (Å²) in [6, 6.07) is 1.61. The molecule has 1 aliphatic carbocycles. The van der Waals surface area contributed by atoms with Gasteiger partial charge in [0.25, 0.3) is 0 Å². The molecule has 1 aromatic heterocycles. The summed E-state index contributed by atoms with van der Waals surface area (Å²) < 4.78 is 13.8. The molecule has 1 heterocycles. The maximum Gasteiger partial charge on any atom is 0.147 e. The Bertz CT molecular complexity index is 399. The van der Waals surface area contributed by atoms with Gasteiger partial charge < -0.3 is 5.11 Å². The number of pyridine rings is 1. The van der Waals surface area contributed by atoms with Gasteiger partial charge in [0.15, 0.2) is 0 Å². The molecule has 0 aromatic carbocycles. The van der Waals surface area contributed by atoms with Crippen molar-refractivity contribution in [1.82, 2.24) is 4.98 Å². The number of nitrogens with zero attached hydrogens (tertiary/aromatic N) is 1. The van der Waals surface area contributed by atoms with Gasteiger partial charge in [0.05, 0.1) is 12.3 Å². The lowest BCUT2D eigenvalue weighted by atomic mass is 9.72. The predicted octanol–water partition coefficient (Wildman–Crippen LogP) is 3.86. The normalized spacial score (nSPS) is 20.3. The highest BCUT2D eigenvalue weighted by Crippen LogP contribution is 2.51. The third-order valence-corrected chi connectivity index (χ3v) is 4.09. The summed E-state index contributed by atoms with van der Waals surface area (Å²) in [7, 11) is 0. The van der Waals surface area contributed by atoms with Crippen LogP contribution in [0.3, 0.4) is 0 Å². The fourth-order valence-corrected chi connectivity index (χ4v) is 3.42. The molecule has 0 bridgehead atoms. The summed E-state index contributed by atoms with van der Waals surface area (Å²) >= 11 is 0. The summed E-state index contributed by atoms with van der Waals surface area (Å²) in [6.45, 7) is 4.32. The van der Waals surface area contributed by atoms with Crippen LogP contribution in [0.4, 0.5) is 4.39 Å². The molecule has 0 radical (unpaired) electrons. The Morgan fingerprint density at radius 2 is 2.06 bits per heavy atom. The van der Waals surface area contributed by atoms with Gasteiger partial charge in [-0.2, -0.15) is 0 Å². The minimum atomic E-state index is -0.703. The average molecular weight is 251 g/mol. The van der Waals surface area contributed by atoms with E-state index in [1.807, 2.05) is 0 Å². The largest absolute Gasteiger partial charge is 0.388 e. The molecule has 1 fully saturated rings. The minimum Gasteiger partial charge on any atom is -0.388 e. The van der Waals surface area contributed by atoms with E-state index in [1.165, 1.54) is 6.20 Å². The Hall–Kier alpha value is -0.960. The van der Waals surface area contributed by atoms with E-state index in [1.54, 1.807) is 12.3 Å². The van der Waals surface area contributed by atoms with E-state index < -0.39 is 6.10 Å². The van der Waals surface area contributed by atoms with Gasteiger partial charge in [-0.25, -0.2) is 4.39 Å². The monoisotopic (exact) mass is 251 g/mol. The molecule has 0 amide bonds. The van der Waals surface area contributed by atoms with E-state index in [2.05, 4.69) is 18.8 Å². The van der Waals surface area contributed by atoms with Gasteiger partial charge in [-0.15, -0.1) is 0 Å². The molecule has 3 heteroatoms. The maximum atomic E-state index is 13.8. The molecule has 0 saturated heterocycles. The number of aliphatic hydroxyl groups excluding tert-OH is 1. The van der Waals surface area contributed by atoms with Crippen molar-refractivity contribution in [2.75, 3.05) is 0 Å². The topological polar surface area (TPSA) is 33.1 Å². The molecule has 0 aliphatic heterocycles. The first-order valence-electron chi connectivity index (χ1n) is 6.83. The van der Waals surface area contributed by atoms with Gasteiger partial charge in [-0.05, 0) is 31.2 Å². The molecule has 2 rings (SSSR count). The van der Waals surface area contributed by atoms with Gasteiger partial charge in [0.1, 0.15) is 5.82 Å². The van der Waals surface area contributed by atoms with Crippen molar-refractivity contribution in [3.63, 3.8) is 0 Å². The lowest BCUT2D eigenvalue weighted by Gasteiger charge is -2.36. The van der Waals surface area contributed by atoms with E-state index in [0.717, 1.165) is 32.1 Å². The molecule has 1 N–H and O–H groups in total. The van der Waals surface area contributed by atoms with Crippen LogP contribution in [0.15, 0.2) is 18.5 Å². The highest BCUT2D eigenvalue weighted by atomic mass is 19.1. The molecule has 1 atom stereocenters.